The maximum absolute atomic E-state index is 12.0. The Morgan fingerprint density at radius 3 is 2.71 bits per heavy atom. The number of anilines is 2. The van der Waals surface area contributed by atoms with Gasteiger partial charge < -0.3 is 21.1 Å². The van der Waals surface area contributed by atoms with E-state index in [1.807, 2.05) is 13.8 Å². The standard InChI is InChI=1S/C22H29ClN6O2/c1-22(2,31-3)13-26-17-8-9-19(14(10-17)11-24)29-12-18(20(25)30)21(28-29)27-16-6-4-15(23)5-7-16/h4-7,12,14,17,19,26H,8-10,13H2,1-3H3,(H2,25,30)(H,27,28). The third kappa shape index (κ3) is 5.76. The molecule has 0 spiro atoms. The molecule has 2 aromatic rings. The summed E-state index contributed by atoms with van der Waals surface area (Å²) in [6.07, 6.45) is 4.00. The summed E-state index contributed by atoms with van der Waals surface area (Å²) in [6, 6.07) is 9.61. The molecule has 0 aliphatic heterocycles. The first-order valence-corrected chi connectivity index (χ1v) is 10.7. The van der Waals surface area contributed by atoms with E-state index in [4.69, 9.17) is 22.1 Å². The van der Waals surface area contributed by atoms with Crippen molar-refractivity contribution in [1.82, 2.24) is 15.1 Å². The van der Waals surface area contributed by atoms with Gasteiger partial charge >= 0.3 is 0 Å². The first-order valence-electron chi connectivity index (χ1n) is 10.3. The van der Waals surface area contributed by atoms with E-state index in [2.05, 4.69) is 21.8 Å². The number of nitrogens with one attached hydrogen (secondary N) is 2. The zero-order valence-corrected chi connectivity index (χ0v) is 18.8. The Balaban J connectivity index is 1.75. The molecule has 1 aliphatic rings. The van der Waals surface area contributed by atoms with E-state index in [0.29, 0.717) is 23.8 Å². The molecule has 31 heavy (non-hydrogen) atoms. The zero-order chi connectivity index (χ0) is 22.6. The number of hydrogen-bond acceptors (Lipinski definition) is 6. The third-order valence-corrected chi connectivity index (χ3v) is 6.04. The van der Waals surface area contributed by atoms with E-state index in [0.717, 1.165) is 18.5 Å². The summed E-state index contributed by atoms with van der Waals surface area (Å²) in [4.78, 5) is 12.0. The van der Waals surface area contributed by atoms with E-state index in [1.165, 1.54) is 0 Å². The summed E-state index contributed by atoms with van der Waals surface area (Å²) in [7, 11) is 1.69. The van der Waals surface area contributed by atoms with Gasteiger partial charge in [0.1, 0.15) is 5.56 Å². The first-order chi connectivity index (χ1) is 14.7. The Morgan fingerprint density at radius 2 is 2.10 bits per heavy atom. The van der Waals surface area contributed by atoms with Crippen LogP contribution in [0, 0.1) is 17.2 Å². The fraction of sp³-hybridized carbons (Fsp3) is 0.500. The predicted octanol–water partition coefficient (Wildman–Crippen LogP) is 3.63. The topological polar surface area (TPSA) is 118 Å². The van der Waals surface area contributed by atoms with Crippen molar-refractivity contribution in [2.24, 2.45) is 11.7 Å². The fourth-order valence-electron chi connectivity index (χ4n) is 3.76. The molecule has 0 radical (unpaired) electrons. The van der Waals surface area contributed by atoms with E-state index in [-0.39, 0.29) is 29.2 Å². The van der Waals surface area contributed by atoms with Crippen LogP contribution in [0.4, 0.5) is 11.5 Å². The molecule has 1 heterocycles. The highest BCUT2D eigenvalue weighted by molar-refractivity contribution is 6.30. The molecular formula is C22H29ClN6O2. The van der Waals surface area contributed by atoms with Gasteiger partial charge in [0, 0.05) is 36.6 Å². The van der Waals surface area contributed by atoms with Gasteiger partial charge in [-0.1, -0.05) is 11.6 Å². The highest BCUT2D eigenvalue weighted by Crippen LogP contribution is 2.35. The summed E-state index contributed by atoms with van der Waals surface area (Å²) >= 11 is 5.94. The van der Waals surface area contributed by atoms with Gasteiger partial charge in [-0.15, -0.1) is 0 Å². The lowest BCUT2D eigenvalue weighted by Crippen LogP contribution is -2.45. The van der Waals surface area contributed by atoms with Crippen molar-refractivity contribution in [3.63, 3.8) is 0 Å². The van der Waals surface area contributed by atoms with E-state index in [1.54, 1.807) is 42.3 Å². The normalized spacial score (nSPS) is 21.5. The number of ether oxygens (including phenoxy) is 1. The van der Waals surface area contributed by atoms with Gasteiger partial charge in [0.05, 0.1) is 23.6 Å². The van der Waals surface area contributed by atoms with Crippen LogP contribution in [-0.2, 0) is 4.74 Å². The van der Waals surface area contributed by atoms with Gasteiger partial charge in [0.15, 0.2) is 5.82 Å². The minimum Gasteiger partial charge on any atom is -0.377 e. The maximum Gasteiger partial charge on any atom is 0.254 e. The van der Waals surface area contributed by atoms with Crippen molar-refractivity contribution < 1.29 is 9.53 Å². The Bertz CT molecular complexity index is 950. The number of methoxy groups -OCH3 is 1. The molecule has 3 rings (SSSR count). The lowest BCUT2D eigenvalue weighted by atomic mass is 9.82. The number of carbonyl (C=O) groups is 1. The van der Waals surface area contributed by atoms with Crippen molar-refractivity contribution >= 4 is 29.0 Å². The smallest absolute Gasteiger partial charge is 0.254 e. The molecule has 1 aromatic carbocycles. The Morgan fingerprint density at radius 1 is 1.39 bits per heavy atom. The predicted molar refractivity (Wildman–Crippen MR) is 120 cm³/mol. The number of halogens is 1. The molecule has 4 N–H and O–H groups in total. The van der Waals surface area contributed by atoms with Crippen molar-refractivity contribution in [2.45, 2.75) is 50.8 Å². The molecule has 166 valence electrons. The second kappa shape index (κ2) is 9.69. The van der Waals surface area contributed by atoms with Gasteiger partial charge in [0.2, 0.25) is 0 Å². The molecular weight excluding hydrogens is 416 g/mol. The molecule has 1 aliphatic carbocycles. The maximum atomic E-state index is 12.0. The van der Waals surface area contributed by atoms with Crippen LogP contribution in [0.15, 0.2) is 30.5 Å². The van der Waals surface area contributed by atoms with Crippen molar-refractivity contribution in [2.75, 3.05) is 19.0 Å². The lowest BCUT2D eigenvalue weighted by molar-refractivity contribution is 0.0189. The van der Waals surface area contributed by atoms with Crippen LogP contribution in [0.3, 0.4) is 0 Å². The van der Waals surface area contributed by atoms with Gasteiger partial charge in [-0.25, -0.2) is 0 Å². The summed E-state index contributed by atoms with van der Waals surface area (Å²) < 4.78 is 7.18. The molecule has 8 nitrogen and oxygen atoms in total. The van der Waals surface area contributed by atoms with Crippen LogP contribution in [0.1, 0.15) is 49.5 Å². The number of primary amides is 1. The quantitative estimate of drug-likeness (QED) is 0.572. The van der Waals surface area contributed by atoms with E-state index < -0.39 is 5.91 Å². The minimum atomic E-state index is -0.576. The van der Waals surface area contributed by atoms with Crippen LogP contribution in [0.25, 0.3) is 0 Å². The Hall–Kier alpha value is -2.60. The summed E-state index contributed by atoms with van der Waals surface area (Å²) in [5, 5.41) is 21.6. The monoisotopic (exact) mass is 444 g/mol. The van der Waals surface area contributed by atoms with Crippen LogP contribution in [-0.4, -0.2) is 41.0 Å². The van der Waals surface area contributed by atoms with Gasteiger partial charge in [0.25, 0.3) is 5.91 Å². The van der Waals surface area contributed by atoms with Crippen molar-refractivity contribution in [3.8, 4) is 6.07 Å². The number of rotatable bonds is 8. The van der Waals surface area contributed by atoms with Crippen LogP contribution in [0.2, 0.25) is 5.02 Å². The molecule has 0 bridgehead atoms. The summed E-state index contributed by atoms with van der Waals surface area (Å²) in [5.74, 6) is -0.442. The second-order valence-corrected chi connectivity index (χ2v) is 8.96. The Labute approximate surface area is 187 Å². The average Bonchev–Trinajstić information content (AvgIpc) is 3.17. The number of nitriles is 1. The third-order valence-electron chi connectivity index (χ3n) is 5.79. The molecule has 0 saturated heterocycles. The highest BCUT2D eigenvalue weighted by atomic mass is 35.5. The zero-order valence-electron chi connectivity index (χ0n) is 18.1. The lowest BCUT2D eigenvalue weighted by Gasteiger charge is -2.35. The van der Waals surface area contributed by atoms with E-state index >= 15 is 0 Å². The van der Waals surface area contributed by atoms with Crippen molar-refractivity contribution in [1.29, 1.82) is 5.26 Å². The molecule has 1 amide bonds. The van der Waals surface area contributed by atoms with Crippen LogP contribution < -0.4 is 16.4 Å². The van der Waals surface area contributed by atoms with Crippen LogP contribution in [0.5, 0.6) is 0 Å². The average molecular weight is 445 g/mol. The Kier molecular flexibility index (Phi) is 7.21. The number of carbonyl (C=O) groups excluding carboxylic acids is 1. The van der Waals surface area contributed by atoms with Gasteiger partial charge in [-0.2, -0.15) is 10.4 Å². The van der Waals surface area contributed by atoms with Crippen LogP contribution >= 0.6 is 11.6 Å². The van der Waals surface area contributed by atoms with E-state index in [9.17, 15) is 10.1 Å². The second-order valence-electron chi connectivity index (χ2n) is 8.53. The molecule has 1 aromatic heterocycles. The number of nitrogens with zero attached hydrogens (tertiary/aromatic N) is 3. The number of hydrogen-bond donors (Lipinski definition) is 3. The number of nitrogens with two attached hydrogens (primary N) is 1. The summed E-state index contributed by atoms with van der Waals surface area (Å²) in [6.45, 7) is 4.76. The molecule has 9 heteroatoms. The first kappa shape index (κ1) is 23.1. The number of amides is 1. The highest BCUT2D eigenvalue weighted by Gasteiger charge is 2.34. The van der Waals surface area contributed by atoms with Gasteiger partial charge in [-0.05, 0) is 57.4 Å². The van der Waals surface area contributed by atoms with Gasteiger partial charge in [-0.3, -0.25) is 9.48 Å². The SMILES string of the molecule is COC(C)(C)CNC1CCC(n2cc(C(N)=O)c(Nc3ccc(Cl)cc3)n2)C(C#N)C1. The molecule has 1 saturated carbocycles. The fourth-order valence-corrected chi connectivity index (χ4v) is 3.89. The summed E-state index contributed by atoms with van der Waals surface area (Å²) in [5.41, 5.74) is 6.34. The molecule has 3 unspecified atom stereocenters. The number of aromatic nitrogens is 2. The molecule has 1 fully saturated rings. The van der Waals surface area contributed by atoms with Crippen molar-refractivity contribution in [3.05, 3.63) is 41.0 Å². The number of benzene rings is 1. The minimum absolute atomic E-state index is 0.127. The molecule has 3 atom stereocenters. The largest absolute Gasteiger partial charge is 0.377 e.